The molecular weight excluding hydrogens is 174 g/mol. The Kier molecular flexibility index (Phi) is 2.24. The lowest BCUT2D eigenvalue weighted by Crippen LogP contribution is -2.06. The zero-order valence-corrected chi connectivity index (χ0v) is 7.72. The number of nitrogens with zero attached hydrogens (tertiary/aromatic N) is 2. The maximum atomic E-state index is 5.82. The Hall–Kier alpha value is -1.74. The summed E-state index contributed by atoms with van der Waals surface area (Å²) in [4.78, 5) is 8.38. The lowest BCUT2D eigenvalue weighted by molar-refractivity contribution is 0.916. The van der Waals surface area contributed by atoms with Crippen molar-refractivity contribution in [3.63, 3.8) is 0 Å². The summed E-state index contributed by atoms with van der Waals surface area (Å²) in [6.45, 7) is 3.66. The van der Waals surface area contributed by atoms with Gasteiger partial charge in [-0.2, -0.15) is 0 Å². The quantitative estimate of drug-likeness (QED) is 0.726. The maximum Gasteiger partial charge on any atom is 0.0890 e. The number of rotatable bonds is 2. The Morgan fingerprint density at radius 2 is 1.93 bits per heavy atom. The molecule has 3 nitrogen and oxygen atoms in total. The smallest absolute Gasteiger partial charge is 0.0890 e. The molecule has 0 aliphatic heterocycles. The standard InChI is InChI=1S/C11H11N3/c1-2-9(12)8-3-4-10-11(7-8)14-6-5-13-10/h2-7,9H,1,12H2/t9-/m1/s1. The normalized spacial score (nSPS) is 12.6. The van der Waals surface area contributed by atoms with Gasteiger partial charge in [0.25, 0.3) is 0 Å². The van der Waals surface area contributed by atoms with Crippen LogP contribution in [0.5, 0.6) is 0 Å². The van der Waals surface area contributed by atoms with Crippen molar-refractivity contribution in [3.8, 4) is 0 Å². The Bertz CT molecular complexity index is 465. The van der Waals surface area contributed by atoms with Gasteiger partial charge in [0.05, 0.1) is 11.0 Å². The van der Waals surface area contributed by atoms with Crippen molar-refractivity contribution < 1.29 is 0 Å². The van der Waals surface area contributed by atoms with Gasteiger partial charge in [-0.1, -0.05) is 12.1 Å². The van der Waals surface area contributed by atoms with Gasteiger partial charge >= 0.3 is 0 Å². The summed E-state index contributed by atoms with van der Waals surface area (Å²) in [5.74, 6) is 0. The van der Waals surface area contributed by atoms with Crippen LogP contribution < -0.4 is 5.73 Å². The van der Waals surface area contributed by atoms with Crippen LogP contribution in [0.25, 0.3) is 11.0 Å². The van der Waals surface area contributed by atoms with Crippen molar-refractivity contribution in [1.29, 1.82) is 0 Å². The minimum Gasteiger partial charge on any atom is -0.321 e. The van der Waals surface area contributed by atoms with Gasteiger partial charge in [-0.25, -0.2) is 0 Å². The molecule has 1 aromatic heterocycles. The average Bonchev–Trinajstić information content (AvgIpc) is 2.27. The summed E-state index contributed by atoms with van der Waals surface area (Å²) in [7, 11) is 0. The van der Waals surface area contributed by atoms with Gasteiger partial charge in [0.1, 0.15) is 0 Å². The van der Waals surface area contributed by atoms with Gasteiger partial charge in [-0.3, -0.25) is 9.97 Å². The molecule has 1 aromatic carbocycles. The number of benzene rings is 1. The van der Waals surface area contributed by atoms with Gasteiger partial charge in [0, 0.05) is 18.4 Å². The molecule has 70 valence electrons. The first-order chi connectivity index (χ1) is 6.81. The van der Waals surface area contributed by atoms with Crippen LogP contribution in [0.3, 0.4) is 0 Å². The van der Waals surface area contributed by atoms with E-state index in [2.05, 4.69) is 16.5 Å². The van der Waals surface area contributed by atoms with E-state index in [0.29, 0.717) is 0 Å². The van der Waals surface area contributed by atoms with Crippen LogP contribution in [0.15, 0.2) is 43.2 Å². The van der Waals surface area contributed by atoms with Crippen LogP contribution in [0.1, 0.15) is 11.6 Å². The molecule has 1 atom stereocenters. The molecule has 0 saturated heterocycles. The zero-order valence-electron chi connectivity index (χ0n) is 7.72. The summed E-state index contributed by atoms with van der Waals surface area (Å²) in [5, 5.41) is 0. The van der Waals surface area contributed by atoms with E-state index in [1.54, 1.807) is 18.5 Å². The second-order valence-corrected chi connectivity index (χ2v) is 3.07. The Morgan fingerprint density at radius 1 is 1.21 bits per heavy atom. The molecule has 0 radical (unpaired) electrons. The van der Waals surface area contributed by atoms with Gasteiger partial charge < -0.3 is 5.73 Å². The SMILES string of the molecule is C=C[C@@H](N)c1ccc2nccnc2c1. The van der Waals surface area contributed by atoms with Crippen LogP contribution in [0, 0.1) is 0 Å². The second-order valence-electron chi connectivity index (χ2n) is 3.07. The number of nitrogens with two attached hydrogens (primary N) is 1. The van der Waals surface area contributed by atoms with Crippen LogP contribution in [-0.4, -0.2) is 9.97 Å². The minimum atomic E-state index is -0.138. The van der Waals surface area contributed by atoms with Crippen LogP contribution in [-0.2, 0) is 0 Å². The molecule has 2 rings (SSSR count). The number of hydrogen-bond acceptors (Lipinski definition) is 3. The fourth-order valence-electron chi connectivity index (χ4n) is 1.32. The van der Waals surface area contributed by atoms with E-state index in [0.717, 1.165) is 16.6 Å². The molecule has 2 N–H and O–H groups in total. The van der Waals surface area contributed by atoms with Crippen molar-refractivity contribution in [3.05, 3.63) is 48.8 Å². The van der Waals surface area contributed by atoms with E-state index in [9.17, 15) is 0 Å². The Labute approximate surface area is 82.3 Å². The van der Waals surface area contributed by atoms with Crippen LogP contribution >= 0.6 is 0 Å². The summed E-state index contributed by atoms with van der Waals surface area (Å²) in [6.07, 6.45) is 5.05. The highest BCUT2D eigenvalue weighted by atomic mass is 14.8. The Morgan fingerprint density at radius 3 is 2.64 bits per heavy atom. The number of aromatic nitrogens is 2. The first kappa shape index (κ1) is 8.84. The second kappa shape index (κ2) is 3.55. The van der Waals surface area contributed by atoms with E-state index in [1.807, 2.05) is 18.2 Å². The first-order valence-corrected chi connectivity index (χ1v) is 4.40. The largest absolute Gasteiger partial charge is 0.321 e. The van der Waals surface area contributed by atoms with Crippen molar-refractivity contribution in [2.24, 2.45) is 5.73 Å². The monoisotopic (exact) mass is 185 g/mol. The third-order valence-corrected chi connectivity index (χ3v) is 2.13. The maximum absolute atomic E-state index is 5.82. The third kappa shape index (κ3) is 1.49. The highest BCUT2D eigenvalue weighted by Gasteiger charge is 2.02. The molecule has 0 spiro atoms. The molecule has 1 heterocycles. The van der Waals surface area contributed by atoms with Crippen molar-refractivity contribution in [1.82, 2.24) is 9.97 Å². The van der Waals surface area contributed by atoms with Crippen molar-refractivity contribution in [2.75, 3.05) is 0 Å². The fourth-order valence-corrected chi connectivity index (χ4v) is 1.32. The molecule has 3 heteroatoms. The summed E-state index contributed by atoms with van der Waals surface area (Å²) in [5.41, 5.74) is 8.57. The van der Waals surface area contributed by atoms with Gasteiger partial charge in [0.15, 0.2) is 0 Å². The lowest BCUT2D eigenvalue weighted by Gasteiger charge is -2.06. The first-order valence-electron chi connectivity index (χ1n) is 4.40. The van der Waals surface area contributed by atoms with E-state index >= 15 is 0 Å². The molecule has 2 aromatic rings. The molecule has 0 bridgehead atoms. The van der Waals surface area contributed by atoms with Crippen LogP contribution in [0.4, 0.5) is 0 Å². The molecule has 0 saturated carbocycles. The molecule has 0 aliphatic rings. The fraction of sp³-hybridized carbons (Fsp3) is 0.0909. The van der Waals surface area contributed by atoms with E-state index in [1.165, 1.54) is 0 Å². The summed E-state index contributed by atoms with van der Waals surface area (Å²) < 4.78 is 0. The summed E-state index contributed by atoms with van der Waals surface area (Å²) >= 11 is 0. The molecule has 0 aliphatic carbocycles. The van der Waals surface area contributed by atoms with Crippen LogP contribution in [0.2, 0.25) is 0 Å². The number of hydrogen-bond donors (Lipinski definition) is 1. The predicted octanol–water partition coefficient (Wildman–Crippen LogP) is 1.82. The molecule has 0 fully saturated rings. The van der Waals surface area contributed by atoms with Crippen molar-refractivity contribution >= 4 is 11.0 Å². The van der Waals surface area contributed by atoms with Crippen molar-refractivity contribution in [2.45, 2.75) is 6.04 Å². The molecule has 14 heavy (non-hydrogen) atoms. The highest BCUT2D eigenvalue weighted by molar-refractivity contribution is 5.74. The van der Waals surface area contributed by atoms with Gasteiger partial charge in [-0.15, -0.1) is 6.58 Å². The van der Waals surface area contributed by atoms with Gasteiger partial charge in [0.2, 0.25) is 0 Å². The Balaban J connectivity index is 2.56. The van der Waals surface area contributed by atoms with Gasteiger partial charge in [-0.05, 0) is 17.7 Å². The number of fused-ring (bicyclic) bond motifs is 1. The zero-order chi connectivity index (χ0) is 9.97. The van der Waals surface area contributed by atoms with E-state index in [-0.39, 0.29) is 6.04 Å². The minimum absolute atomic E-state index is 0.138. The predicted molar refractivity (Wildman–Crippen MR) is 56.7 cm³/mol. The van der Waals surface area contributed by atoms with E-state index < -0.39 is 0 Å². The van der Waals surface area contributed by atoms with E-state index in [4.69, 9.17) is 5.73 Å². The molecule has 0 unspecified atom stereocenters. The summed E-state index contributed by atoms with van der Waals surface area (Å²) in [6, 6.07) is 5.67. The third-order valence-electron chi connectivity index (χ3n) is 2.13. The molecule has 0 amide bonds. The average molecular weight is 185 g/mol. The highest BCUT2D eigenvalue weighted by Crippen LogP contribution is 2.16. The molecular formula is C11H11N3. The lowest BCUT2D eigenvalue weighted by atomic mass is 10.1. The topological polar surface area (TPSA) is 51.8 Å².